The normalized spacial score (nSPS) is 20.6. The predicted octanol–water partition coefficient (Wildman–Crippen LogP) is 3.77. The quantitative estimate of drug-likeness (QED) is 0.664. The molecule has 1 aliphatic heterocycles. The van der Waals surface area contributed by atoms with E-state index in [2.05, 4.69) is 10.2 Å². The van der Waals surface area contributed by atoms with Crippen LogP contribution in [0.3, 0.4) is 0 Å². The number of aryl methyl sites for hydroxylation is 2. The average Bonchev–Trinajstić information content (AvgIpc) is 3.22. The number of ether oxygens (including phenoxy) is 1. The van der Waals surface area contributed by atoms with Crippen LogP contribution in [0.15, 0.2) is 24.3 Å². The van der Waals surface area contributed by atoms with Gasteiger partial charge in [-0.1, -0.05) is 18.2 Å². The van der Waals surface area contributed by atoms with Gasteiger partial charge < -0.3 is 9.64 Å². The van der Waals surface area contributed by atoms with Gasteiger partial charge in [0.25, 0.3) is 0 Å². The number of H-pyrrole nitrogens is 1. The molecular weight excluding hydrogens is 409 g/mol. The van der Waals surface area contributed by atoms with Gasteiger partial charge in [-0.3, -0.25) is 14.7 Å². The molecule has 172 valence electrons. The molecule has 2 aliphatic rings. The Labute approximate surface area is 188 Å². The predicted molar refractivity (Wildman–Crippen MR) is 119 cm³/mol. The maximum atomic E-state index is 14.4. The lowest BCUT2D eigenvalue weighted by atomic mass is 9.74. The van der Waals surface area contributed by atoms with Crippen LogP contribution in [0, 0.1) is 11.2 Å². The van der Waals surface area contributed by atoms with E-state index in [0.717, 1.165) is 25.0 Å². The molecule has 7 heteroatoms. The lowest BCUT2D eigenvalue weighted by molar-refractivity contribution is -0.160. The van der Waals surface area contributed by atoms with E-state index in [-0.39, 0.29) is 37.3 Å². The van der Waals surface area contributed by atoms with Gasteiger partial charge in [0.15, 0.2) is 0 Å². The van der Waals surface area contributed by atoms with E-state index >= 15 is 0 Å². The summed E-state index contributed by atoms with van der Waals surface area (Å²) in [6, 6.07) is 6.52. The van der Waals surface area contributed by atoms with Crippen molar-refractivity contribution in [3.05, 3.63) is 52.6 Å². The highest BCUT2D eigenvalue weighted by molar-refractivity contribution is 5.81. The van der Waals surface area contributed by atoms with Crippen LogP contribution >= 0.6 is 0 Å². The van der Waals surface area contributed by atoms with E-state index in [1.165, 1.54) is 23.7 Å². The van der Waals surface area contributed by atoms with Gasteiger partial charge in [0.1, 0.15) is 5.82 Å². The standard InChI is InChI=1S/C25H32FN3O3/c1-2-32-24(31)25(16-18-8-3-5-10-20(18)26)14-7-15-29(17-25)23(30)13-12-22-19-9-4-6-11-21(19)27-28-22/h3,5,8,10H,2,4,6-7,9,11-17H2,1H3,(H,27,28)/t25-/m0/s1. The van der Waals surface area contributed by atoms with Crippen molar-refractivity contribution in [2.24, 2.45) is 5.41 Å². The number of rotatable bonds is 7. The molecule has 2 heterocycles. The Morgan fingerprint density at radius 1 is 1.22 bits per heavy atom. The summed E-state index contributed by atoms with van der Waals surface area (Å²) in [5.74, 6) is -0.662. The minimum Gasteiger partial charge on any atom is -0.466 e. The fourth-order valence-electron chi connectivity index (χ4n) is 5.16. The fraction of sp³-hybridized carbons (Fsp3) is 0.560. The molecule has 2 aromatic rings. The van der Waals surface area contributed by atoms with E-state index in [4.69, 9.17) is 4.74 Å². The Kier molecular flexibility index (Phi) is 6.92. The number of nitrogens with zero attached hydrogens (tertiary/aromatic N) is 2. The monoisotopic (exact) mass is 441 g/mol. The Morgan fingerprint density at radius 2 is 2.03 bits per heavy atom. The lowest BCUT2D eigenvalue weighted by Gasteiger charge is -2.41. The number of piperidine rings is 1. The first-order chi connectivity index (χ1) is 15.5. The second kappa shape index (κ2) is 9.84. The van der Waals surface area contributed by atoms with Crippen LogP contribution in [-0.4, -0.2) is 46.7 Å². The second-order valence-electron chi connectivity index (χ2n) is 9.02. The SMILES string of the molecule is CCOC(=O)[C@]1(Cc2ccccc2F)CCCN(C(=O)CCc2n[nH]c3c2CCCC3)C1. The first-order valence-electron chi connectivity index (χ1n) is 11.8. The first-order valence-corrected chi connectivity index (χ1v) is 11.8. The van der Waals surface area contributed by atoms with Crippen molar-refractivity contribution in [1.82, 2.24) is 15.1 Å². The summed E-state index contributed by atoms with van der Waals surface area (Å²) in [7, 11) is 0. The summed E-state index contributed by atoms with van der Waals surface area (Å²) in [6.45, 7) is 2.90. The molecule has 1 aliphatic carbocycles. The highest BCUT2D eigenvalue weighted by atomic mass is 19.1. The second-order valence-corrected chi connectivity index (χ2v) is 9.02. The molecular formula is C25H32FN3O3. The van der Waals surface area contributed by atoms with Gasteiger partial charge in [0.05, 0.1) is 17.7 Å². The number of carbonyl (C=O) groups is 2. The summed E-state index contributed by atoms with van der Waals surface area (Å²) >= 11 is 0. The summed E-state index contributed by atoms with van der Waals surface area (Å²) in [6.07, 6.45) is 6.85. The van der Waals surface area contributed by atoms with E-state index in [1.54, 1.807) is 30.0 Å². The molecule has 0 unspecified atom stereocenters. The van der Waals surface area contributed by atoms with Crippen LogP contribution in [-0.2, 0) is 40.0 Å². The molecule has 4 rings (SSSR count). The smallest absolute Gasteiger partial charge is 0.314 e. The van der Waals surface area contributed by atoms with Crippen molar-refractivity contribution in [3.63, 3.8) is 0 Å². The molecule has 1 atom stereocenters. The number of esters is 1. The van der Waals surface area contributed by atoms with E-state index in [1.807, 2.05) is 0 Å². The van der Waals surface area contributed by atoms with Crippen LogP contribution in [0.2, 0.25) is 0 Å². The van der Waals surface area contributed by atoms with Gasteiger partial charge in [-0.25, -0.2) is 4.39 Å². The van der Waals surface area contributed by atoms with Gasteiger partial charge in [0, 0.05) is 31.6 Å². The Balaban J connectivity index is 1.47. The zero-order chi connectivity index (χ0) is 22.6. The third-order valence-electron chi connectivity index (χ3n) is 6.84. The number of aromatic amines is 1. The zero-order valence-corrected chi connectivity index (χ0v) is 18.8. The highest BCUT2D eigenvalue weighted by Gasteiger charge is 2.45. The Morgan fingerprint density at radius 3 is 2.84 bits per heavy atom. The van der Waals surface area contributed by atoms with E-state index in [0.29, 0.717) is 37.8 Å². The van der Waals surface area contributed by atoms with Gasteiger partial charge in [-0.15, -0.1) is 0 Å². The lowest BCUT2D eigenvalue weighted by Crippen LogP contribution is -2.51. The fourth-order valence-corrected chi connectivity index (χ4v) is 5.16. The highest BCUT2D eigenvalue weighted by Crippen LogP contribution is 2.36. The van der Waals surface area contributed by atoms with Crippen molar-refractivity contribution in [1.29, 1.82) is 0 Å². The molecule has 6 nitrogen and oxygen atoms in total. The topological polar surface area (TPSA) is 75.3 Å². The third-order valence-corrected chi connectivity index (χ3v) is 6.84. The molecule has 1 fully saturated rings. The molecule has 0 radical (unpaired) electrons. The third kappa shape index (κ3) is 4.71. The van der Waals surface area contributed by atoms with E-state index in [9.17, 15) is 14.0 Å². The molecule has 1 aromatic carbocycles. The minimum atomic E-state index is -0.919. The molecule has 0 saturated carbocycles. The molecule has 32 heavy (non-hydrogen) atoms. The number of likely N-dealkylation sites (tertiary alicyclic amines) is 1. The van der Waals surface area contributed by atoms with Crippen LogP contribution in [0.4, 0.5) is 4.39 Å². The minimum absolute atomic E-state index is 0.0134. The Hall–Kier alpha value is -2.70. The largest absolute Gasteiger partial charge is 0.466 e. The number of benzene rings is 1. The molecule has 1 aromatic heterocycles. The molecule has 1 N–H and O–H groups in total. The van der Waals surface area contributed by atoms with Crippen LogP contribution in [0.25, 0.3) is 0 Å². The number of hydrogen-bond donors (Lipinski definition) is 1. The maximum Gasteiger partial charge on any atom is 0.314 e. The summed E-state index contributed by atoms with van der Waals surface area (Å²) < 4.78 is 19.8. The van der Waals surface area contributed by atoms with Crippen LogP contribution < -0.4 is 0 Å². The summed E-state index contributed by atoms with van der Waals surface area (Å²) in [4.78, 5) is 27.9. The number of nitrogens with one attached hydrogen (secondary N) is 1. The number of aromatic nitrogens is 2. The number of amides is 1. The first kappa shape index (κ1) is 22.5. The average molecular weight is 442 g/mol. The molecule has 0 bridgehead atoms. The molecule has 0 spiro atoms. The van der Waals surface area contributed by atoms with Crippen LogP contribution in [0.1, 0.15) is 61.5 Å². The molecule has 1 saturated heterocycles. The number of fused-ring (bicyclic) bond motifs is 1. The van der Waals surface area contributed by atoms with Crippen molar-refractivity contribution < 1.29 is 18.7 Å². The number of hydrogen-bond acceptors (Lipinski definition) is 4. The van der Waals surface area contributed by atoms with Crippen LogP contribution in [0.5, 0.6) is 0 Å². The Bertz CT molecular complexity index is 973. The van der Waals surface area contributed by atoms with Crippen molar-refractivity contribution >= 4 is 11.9 Å². The van der Waals surface area contributed by atoms with Crippen molar-refractivity contribution in [3.8, 4) is 0 Å². The van der Waals surface area contributed by atoms with Gasteiger partial charge >= 0.3 is 5.97 Å². The number of halogens is 1. The summed E-state index contributed by atoms with van der Waals surface area (Å²) in [5, 5.41) is 7.58. The maximum absolute atomic E-state index is 14.4. The van der Waals surface area contributed by atoms with Gasteiger partial charge in [0.2, 0.25) is 5.91 Å². The van der Waals surface area contributed by atoms with Gasteiger partial charge in [-0.2, -0.15) is 5.10 Å². The van der Waals surface area contributed by atoms with Crippen molar-refractivity contribution in [2.45, 2.75) is 64.7 Å². The van der Waals surface area contributed by atoms with E-state index < -0.39 is 5.41 Å². The van der Waals surface area contributed by atoms with Gasteiger partial charge in [-0.05, 0) is 69.1 Å². The number of carbonyl (C=O) groups excluding carboxylic acids is 2. The van der Waals surface area contributed by atoms with Crippen molar-refractivity contribution in [2.75, 3.05) is 19.7 Å². The zero-order valence-electron chi connectivity index (χ0n) is 18.8. The molecule has 1 amide bonds. The summed E-state index contributed by atoms with van der Waals surface area (Å²) in [5.41, 5.74) is 3.05.